The third kappa shape index (κ3) is 7.43. The van der Waals surface area contributed by atoms with Crippen LogP contribution in [0.1, 0.15) is 61.3 Å². The van der Waals surface area contributed by atoms with Crippen LogP contribution in [0.4, 0.5) is 0 Å². The molecule has 0 spiro atoms. The van der Waals surface area contributed by atoms with Gasteiger partial charge in [0.1, 0.15) is 11.5 Å². The van der Waals surface area contributed by atoms with Crippen LogP contribution in [0.2, 0.25) is 0 Å². The zero-order valence-corrected chi connectivity index (χ0v) is 18.2. The van der Waals surface area contributed by atoms with Crippen molar-refractivity contribution in [3.63, 3.8) is 0 Å². The van der Waals surface area contributed by atoms with E-state index in [-0.39, 0.29) is 24.0 Å². The summed E-state index contributed by atoms with van der Waals surface area (Å²) in [5.41, 5.74) is 1.05. The lowest BCUT2D eigenvalue weighted by molar-refractivity contribution is 0.0927. The van der Waals surface area contributed by atoms with Gasteiger partial charge in [-0.2, -0.15) is 0 Å². The topological polar surface area (TPSA) is 76.7 Å². The van der Waals surface area contributed by atoms with Crippen molar-refractivity contribution in [3.05, 3.63) is 59.7 Å². The van der Waals surface area contributed by atoms with Crippen molar-refractivity contribution >= 4 is 11.8 Å². The molecule has 0 heterocycles. The molecule has 6 heteroatoms. The summed E-state index contributed by atoms with van der Waals surface area (Å²) in [6, 6.07) is 14.2. The quantitative estimate of drug-likeness (QED) is 0.542. The van der Waals surface area contributed by atoms with Gasteiger partial charge in [-0.05, 0) is 63.1 Å². The summed E-state index contributed by atoms with van der Waals surface area (Å²) in [5.74, 6) is 0.931. The Labute approximate surface area is 179 Å². The fourth-order valence-electron chi connectivity index (χ4n) is 2.61. The molecule has 0 saturated carbocycles. The Kier molecular flexibility index (Phi) is 9.19. The Morgan fingerprint density at radius 2 is 1.17 bits per heavy atom. The van der Waals surface area contributed by atoms with Gasteiger partial charge in [-0.1, -0.05) is 26.0 Å². The maximum absolute atomic E-state index is 12.3. The first-order valence-corrected chi connectivity index (χ1v) is 10.5. The van der Waals surface area contributed by atoms with Gasteiger partial charge in [0.2, 0.25) is 0 Å². The molecular weight excluding hydrogens is 380 g/mol. The van der Waals surface area contributed by atoms with Crippen molar-refractivity contribution in [2.24, 2.45) is 0 Å². The highest BCUT2D eigenvalue weighted by molar-refractivity contribution is 5.95. The molecule has 2 N–H and O–H groups in total. The van der Waals surface area contributed by atoms with Gasteiger partial charge in [0.25, 0.3) is 11.8 Å². The number of amides is 2. The van der Waals surface area contributed by atoms with E-state index in [1.54, 1.807) is 36.4 Å². The summed E-state index contributed by atoms with van der Waals surface area (Å²) in [6.45, 7) is 8.71. The molecule has 0 aromatic heterocycles. The van der Waals surface area contributed by atoms with E-state index in [0.717, 1.165) is 12.8 Å². The average molecular weight is 413 g/mol. The molecule has 2 rings (SSSR count). The van der Waals surface area contributed by atoms with E-state index in [0.29, 0.717) is 35.7 Å². The number of carbonyl (C=O) groups is 2. The van der Waals surface area contributed by atoms with Gasteiger partial charge in [-0.25, -0.2) is 0 Å². The number of ether oxygens (including phenoxy) is 2. The van der Waals surface area contributed by atoms with Crippen molar-refractivity contribution in [1.29, 1.82) is 0 Å². The number of nitrogens with one attached hydrogen (secondary N) is 2. The van der Waals surface area contributed by atoms with E-state index in [4.69, 9.17) is 9.47 Å². The maximum Gasteiger partial charge on any atom is 0.251 e. The molecule has 0 radical (unpaired) electrons. The largest absolute Gasteiger partial charge is 0.491 e. The molecule has 162 valence electrons. The Morgan fingerprint density at radius 1 is 0.767 bits per heavy atom. The third-order valence-electron chi connectivity index (χ3n) is 4.71. The molecule has 2 aromatic rings. The normalized spacial score (nSPS) is 12.5. The molecule has 0 aliphatic rings. The molecule has 0 aliphatic carbocycles. The number of benzene rings is 2. The average Bonchev–Trinajstić information content (AvgIpc) is 2.76. The smallest absolute Gasteiger partial charge is 0.251 e. The minimum atomic E-state index is -0.206. The molecular formula is C24H32N2O4. The molecule has 30 heavy (non-hydrogen) atoms. The number of carbonyl (C=O) groups excluding carboxylic acids is 2. The van der Waals surface area contributed by atoms with Crippen molar-refractivity contribution < 1.29 is 19.1 Å². The second-order valence-electron chi connectivity index (χ2n) is 7.24. The van der Waals surface area contributed by atoms with Crippen LogP contribution in [0.15, 0.2) is 48.5 Å². The lowest BCUT2D eigenvalue weighted by atomic mass is 10.2. The number of hydrogen-bond acceptors (Lipinski definition) is 4. The molecule has 0 saturated heterocycles. The monoisotopic (exact) mass is 412 g/mol. The molecule has 2 aromatic carbocycles. The zero-order valence-electron chi connectivity index (χ0n) is 18.2. The van der Waals surface area contributed by atoms with Crippen LogP contribution in [0.5, 0.6) is 11.5 Å². The summed E-state index contributed by atoms with van der Waals surface area (Å²) >= 11 is 0. The van der Waals surface area contributed by atoms with Crippen LogP contribution in [-0.2, 0) is 0 Å². The van der Waals surface area contributed by atoms with E-state index in [9.17, 15) is 9.59 Å². The van der Waals surface area contributed by atoms with E-state index < -0.39 is 0 Å². The van der Waals surface area contributed by atoms with Crippen LogP contribution in [0.25, 0.3) is 0 Å². The first-order chi connectivity index (χ1) is 14.4. The van der Waals surface area contributed by atoms with Crippen LogP contribution in [0.3, 0.4) is 0 Å². The van der Waals surface area contributed by atoms with E-state index >= 15 is 0 Å². The molecule has 6 nitrogen and oxygen atoms in total. The van der Waals surface area contributed by atoms with Crippen LogP contribution >= 0.6 is 0 Å². The Bertz CT molecular complexity index is 768. The SMILES string of the molecule is CCC(C)Oc1cccc(C(=O)NCCNC(=O)c2cccc(OC(C)CC)c2)c1. The summed E-state index contributed by atoms with van der Waals surface area (Å²) in [4.78, 5) is 24.7. The first kappa shape index (κ1) is 23.3. The highest BCUT2D eigenvalue weighted by Crippen LogP contribution is 2.17. The van der Waals surface area contributed by atoms with Gasteiger partial charge < -0.3 is 20.1 Å². The van der Waals surface area contributed by atoms with E-state index in [1.165, 1.54) is 0 Å². The standard InChI is InChI=1S/C24H32N2O4/c1-5-17(3)29-21-11-7-9-19(15-21)23(27)25-13-14-26-24(28)20-10-8-12-22(16-20)30-18(4)6-2/h7-12,15-18H,5-6,13-14H2,1-4H3,(H,25,27)(H,26,28). The van der Waals surface area contributed by atoms with Crippen LogP contribution in [-0.4, -0.2) is 37.1 Å². The zero-order chi connectivity index (χ0) is 21.9. The lowest BCUT2D eigenvalue weighted by Crippen LogP contribution is -2.34. The van der Waals surface area contributed by atoms with Crippen molar-refractivity contribution in [2.45, 2.75) is 52.7 Å². The van der Waals surface area contributed by atoms with Gasteiger partial charge >= 0.3 is 0 Å². The van der Waals surface area contributed by atoms with Crippen molar-refractivity contribution in [3.8, 4) is 11.5 Å². The fraction of sp³-hybridized carbons (Fsp3) is 0.417. The van der Waals surface area contributed by atoms with Gasteiger partial charge in [0.15, 0.2) is 0 Å². The molecule has 0 fully saturated rings. The Morgan fingerprint density at radius 3 is 1.53 bits per heavy atom. The van der Waals surface area contributed by atoms with Crippen molar-refractivity contribution in [2.75, 3.05) is 13.1 Å². The number of hydrogen-bond donors (Lipinski definition) is 2. The first-order valence-electron chi connectivity index (χ1n) is 10.5. The molecule has 0 aliphatic heterocycles. The summed E-state index contributed by atoms with van der Waals surface area (Å²) < 4.78 is 11.5. The maximum atomic E-state index is 12.3. The summed E-state index contributed by atoms with van der Waals surface area (Å²) in [7, 11) is 0. The second-order valence-corrected chi connectivity index (χ2v) is 7.24. The van der Waals surface area contributed by atoms with Gasteiger partial charge in [0, 0.05) is 24.2 Å². The predicted octanol–water partition coefficient (Wildman–Crippen LogP) is 4.20. The van der Waals surface area contributed by atoms with Crippen molar-refractivity contribution in [1.82, 2.24) is 10.6 Å². The van der Waals surface area contributed by atoms with E-state index in [1.807, 2.05) is 39.8 Å². The van der Waals surface area contributed by atoms with Gasteiger partial charge in [-0.15, -0.1) is 0 Å². The lowest BCUT2D eigenvalue weighted by Gasteiger charge is -2.14. The minimum Gasteiger partial charge on any atom is -0.491 e. The molecule has 2 amide bonds. The highest BCUT2D eigenvalue weighted by Gasteiger charge is 2.10. The summed E-state index contributed by atoms with van der Waals surface area (Å²) in [5, 5.41) is 5.62. The Hall–Kier alpha value is -3.02. The van der Waals surface area contributed by atoms with Gasteiger partial charge in [0.05, 0.1) is 12.2 Å². The Balaban J connectivity index is 1.81. The van der Waals surface area contributed by atoms with Crippen LogP contribution in [0, 0.1) is 0 Å². The molecule has 0 bridgehead atoms. The van der Waals surface area contributed by atoms with Gasteiger partial charge in [-0.3, -0.25) is 9.59 Å². The minimum absolute atomic E-state index is 0.0904. The molecule has 2 unspecified atom stereocenters. The van der Waals surface area contributed by atoms with E-state index in [2.05, 4.69) is 10.6 Å². The highest BCUT2D eigenvalue weighted by atomic mass is 16.5. The number of rotatable bonds is 11. The third-order valence-corrected chi connectivity index (χ3v) is 4.71. The molecule has 2 atom stereocenters. The fourth-order valence-corrected chi connectivity index (χ4v) is 2.61. The second kappa shape index (κ2) is 11.9. The predicted molar refractivity (Wildman–Crippen MR) is 118 cm³/mol. The van der Waals surface area contributed by atoms with Crippen LogP contribution < -0.4 is 20.1 Å². The summed E-state index contributed by atoms with van der Waals surface area (Å²) in [6.07, 6.45) is 1.96.